The molecule has 0 saturated carbocycles. The Morgan fingerprint density at radius 2 is 1.78 bits per heavy atom. The van der Waals surface area contributed by atoms with Crippen LogP contribution in [0.15, 0.2) is 47.3 Å². The Morgan fingerprint density at radius 1 is 1.06 bits per heavy atom. The van der Waals surface area contributed by atoms with E-state index in [1.165, 1.54) is 29.3 Å². The van der Waals surface area contributed by atoms with Gasteiger partial charge in [0.1, 0.15) is 5.76 Å². The fourth-order valence-electron chi connectivity index (χ4n) is 2.72. The molecular formula is C16H24OSi. The molecule has 2 rings (SSSR count). The molecule has 0 amide bonds. The first-order valence-electron chi connectivity index (χ1n) is 7.20. The third kappa shape index (κ3) is 2.53. The van der Waals surface area contributed by atoms with Gasteiger partial charge >= 0.3 is 0 Å². The number of rotatable bonds is 6. The molecule has 0 spiro atoms. The lowest BCUT2D eigenvalue weighted by Crippen LogP contribution is -2.35. The first kappa shape index (κ1) is 13.4. The van der Waals surface area contributed by atoms with Gasteiger partial charge in [-0.2, -0.15) is 0 Å². The van der Waals surface area contributed by atoms with Crippen LogP contribution in [0.25, 0.3) is 0 Å². The molecular weight excluding hydrogens is 236 g/mol. The first-order valence-corrected chi connectivity index (χ1v) is 9.73. The predicted octanol–water partition coefficient (Wildman–Crippen LogP) is 5.11. The van der Waals surface area contributed by atoms with E-state index in [-0.39, 0.29) is 0 Å². The van der Waals surface area contributed by atoms with E-state index in [9.17, 15) is 0 Å². The van der Waals surface area contributed by atoms with Crippen molar-refractivity contribution in [2.24, 2.45) is 0 Å². The Labute approximate surface area is 112 Å². The van der Waals surface area contributed by atoms with Gasteiger partial charge in [0, 0.05) is 5.57 Å². The highest BCUT2D eigenvalue weighted by Crippen LogP contribution is 2.34. The van der Waals surface area contributed by atoms with Crippen LogP contribution in [0.4, 0.5) is 0 Å². The van der Waals surface area contributed by atoms with Crippen molar-refractivity contribution in [1.29, 1.82) is 0 Å². The van der Waals surface area contributed by atoms with Crippen molar-refractivity contribution in [3.8, 4) is 0 Å². The maximum atomic E-state index is 6.53. The van der Waals surface area contributed by atoms with E-state index < -0.39 is 8.32 Å². The topological polar surface area (TPSA) is 9.23 Å². The van der Waals surface area contributed by atoms with Gasteiger partial charge in [-0.05, 0) is 42.6 Å². The Hall–Kier alpha value is -1.02. The smallest absolute Gasteiger partial charge is 0.250 e. The van der Waals surface area contributed by atoms with Crippen molar-refractivity contribution >= 4 is 8.32 Å². The first-order chi connectivity index (χ1) is 8.74. The molecule has 0 saturated heterocycles. The van der Waals surface area contributed by atoms with E-state index in [1.54, 1.807) is 0 Å². The summed E-state index contributed by atoms with van der Waals surface area (Å²) in [5, 5.41) is 0. The van der Waals surface area contributed by atoms with Crippen molar-refractivity contribution in [3.05, 3.63) is 47.3 Å². The highest BCUT2D eigenvalue weighted by Gasteiger charge is 2.32. The molecule has 0 aromatic rings. The Kier molecular flexibility index (Phi) is 4.28. The van der Waals surface area contributed by atoms with Crippen molar-refractivity contribution in [1.82, 2.24) is 0 Å². The zero-order valence-corrected chi connectivity index (χ0v) is 12.8. The van der Waals surface area contributed by atoms with Crippen molar-refractivity contribution in [2.45, 2.75) is 51.7 Å². The van der Waals surface area contributed by atoms with E-state index in [2.05, 4.69) is 51.2 Å². The van der Waals surface area contributed by atoms with Crippen molar-refractivity contribution in [2.75, 3.05) is 0 Å². The molecule has 18 heavy (non-hydrogen) atoms. The molecule has 2 aliphatic rings. The monoisotopic (exact) mass is 260 g/mol. The molecule has 2 aliphatic carbocycles. The summed E-state index contributed by atoms with van der Waals surface area (Å²) in [6, 6.07) is 3.62. The number of hydrogen-bond donors (Lipinski definition) is 0. The Morgan fingerprint density at radius 3 is 2.33 bits per heavy atom. The average molecular weight is 260 g/mol. The minimum absolute atomic E-state index is 1.03. The van der Waals surface area contributed by atoms with E-state index in [4.69, 9.17) is 4.43 Å². The van der Waals surface area contributed by atoms with E-state index >= 15 is 0 Å². The summed E-state index contributed by atoms with van der Waals surface area (Å²) in [7, 11) is -1.54. The summed E-state index contributed by atoms with van der Waals surface area (Å²) in [6.45, 7) is 6.85. The largest absolute Gasteiger partial charge is 0.543 e. The van der Waals surface area contributed by atoms with Crippen molar-refractivity contribution in [3.63, 3.8) is 0 Å². The SMILES string of the molecule is CC[Si](CC)(CC)OC1=C(C2=CCC=C2)CC=C1. The van der Waals surface area contributed by atoms with Gasteiger partial charge in [-0.15, -0.1) is 0 Å². The van der Waals surface area contributed by atoms with Gasteiger partial charge in [-0.25, -0.2) is 0 Å². The molecule has 0 aliphatic heterocycles. The summed E-state index contributed by atoms with van der Waals surface area (Å²) < 4.78 is 6.53. The molecule has 98 valence electrons. The van der Waals surface area contributed by atoms with Gasteiger partial charge in [0.05, 0.1) is 0 Å². The molecule has 2 heteroatoms. The molecule has 1 nitrogen and oxygen atoms in total. The second-order valence-corrected chi connectivity index (χ2v) is 9.78. The quantitative estimate of drug-likeness (QED) is 0.603. The van der Waals surface area contributed by atoms with Gasteiger partial charge in [-0.3, -0.25) is 0 Å². The summed E-state index contributed by atoms with van der Waals surface area (Å²) >= 11 is 0. The fourth-order valence-corrected chi connectivity index (χ4v) is 5.31. The number of hydrogen-bond acceptors (Lipinski definition) is 1. The fraction of sp³-hybridized carbons (Fsp3) is 0.500. The highest BCUT2D eigenvalue weighted by molar-refractivity contribution is 6.73. The summed E-state index contributed by atoms with van der Waals surface area (Å²) in [6.07, 6.45) is 13.3. The maximum absolute atomic E-state index is 6.53. The zero-order valence-electron chi connectivity index (χ0n) is 11.8. The Bertz CT molecular complexity index is 414. The van der Waals surface area contributed by atoms with E-state index in [0.29, 0.717) is 0 Å². The molecule has 0 N–H and O–H groups in total. The van der Waals surface area contributed by atoms with Crippen LogP contribution in [0.3, 0.4) is 0 Å². The van der Waals surface area contributed by atoms with Crippen LogP contribution in [-0.2, 0) is 4.43 Å². The zero-order chi connectivity index (χ0) is 13.0. The lowest BCUT2D eigenvalue weighted by molar-refractivity contribution is 0.420. The second-order valence-electron chi connectivity index (χ2n) is 5.09. The molecule has 0 aromatic heterocycles. The van der Waals surface area contributed by atoms with Gasteiger partial charge in [-0.1, -0.05) is 45.1 Å². The second kappa shape index (κ2) is 5.74. The van der Waals surface area contributed by atoms with Gasteiger partial charge in [0.25, 0.3) is 0 Å². The molecule has 0 atom stereocenters. The average Bonchev–Trinajstić information content (AvgIpc) is 3.06. The minimum Gasteiger partial charge on any atom is -0.543 e. The van der Waals surface area contributed by atoms with Crippen molar-refractivity contribution < 1.29 is 4.43 Å². The van der Waals surface area contributed by atoms with Crippen LogP contribution in [0.2, 0.25) is 18.1 Å². The predicted molar refractivity (Wildman–Crippen MR) is 80.9 cm³/mol. The third-order valence-electron chi connectivity index (χ3n) is 4.27. The van der Waals surface area contributed by atoms with Gasteiger partial charge in [0.2, 0.25) is 8.32 Å². The van der Waals surface area contributed by atoms with Crippen LogP contribution >= 0.6 is 0 Å². The van der Waals surface area contributed by atoms with Crippen LogP contribution in [-0.4, -0.2) is 8.32 Å². The van der Waals surface area contributed by atoms with Crippen LogP contribution in [0.5, 0.6) is 0 Å². The third-order valence-corrected chi connectivity index (χ3v) is 8.79. The summed E-state index contributed by atoms with van der Waals surface area (Å²) in [5.41, 5.74) is 2.78. The normalized spacial score (nSPS) is 18.7. The molecule has 0 fully saturated rings. The lowest BCUT2D eigenvalue weighted by Gasteiger charge is -2.30. The maximum Gasteiger partial charge on any atom is 0.250 e. The standard InChI is InChI=1S/C16H24OSi/c1-4-18(5-2,6-3)17-16-13-9-12-15(16)14-10-7-8-11-14/h7,9-11,13H,4-6,8,12H2,1-3H3. The highest BCUT2D eigenvalue weighted by atomic mass is 28.4. The van der Waals surface area contributed by atoms with Gasteiger partial charge < -0.3 is 4.43 Å². The lowest BCUT2D eigenvalue weighted by atomic mass is 10.1. The van der Waals surface area contributed by atoms with Crippen LogP contribution in [0, 0.1) is 0 Å². The van der Waals surface area contributed by atoms with E-state index in [0.717, 1.165) is 18.6 Å². The van der Waals surface area contributed by atoms with Gasteiger partial charge in [0.15, 0.2) is 0 Å². The molecule has 0 heterocycles. The summed E-state index contributed by atoms with van der Waals surface area (Å²) in [4.78, 5) is 0. The minimum atomic E-state index is -1.54. The molecule has 0 aromatic carbocycles. The van der Waals surface area contributed by atoms with E-state index in [1.807, 2.05) is 0 Å². The van der Waals surface area contributed by atoms with Crippen LogP contribution in [0.1, 0.15) is 33.6 Å². The molecule has 0 bridgehead atoms. The number of allylic oxidation sites excluding steroid dienone is 7. The Balaban J connectivity index is 2.22. The van der Waals surface area contributed by atoms with Crippen LogP contribution < -0.4 is 0 Å². The molecule has 0 unspecified atom stereocenters. The summed E-state index contributed by atoms with van der Waals surface area (Å²) in [5.74, 6) is 1.16. The molecule has 0 radical (unpaired) electrons.